The van der Waals surface area contributed by atoms with Gasteiger partial charge in [-0.1, -0.05) is 0 Å². The average Bonchev–Trinajstić information content (AvgIpc) is 2.91. The molecule has 5 nitrogen and oxygen atoms in total. The topological polar surface area (TPSA) is 50.2 Å². The second-order valence-electron chi connectivity index (χ2n) is 6.26. The van der Waals surface area contributed by atoms with Crippen LogP contribution in [0, 0.1) is 5.92 Å². The molecule has 110 valence electrons. The van der Waals surface area contributed by atoms with E-state index in [1.807, 2.05) is 16.9 Å². The first-order valence-corrected chi connectivity index (χ1v) is 7.69. The minimum atomic E-state index is 0.298. The fourth-order valence-corrected chi connectivity index (χ4v) is 3.38. The van der Waals surface area contributed by atoms with Gasteiger partial charge in [-0.05, 0) is 51.8 Å². The van der Waals surface area contributed by atoms with E-state index in [-0.39, 0.29) is 0 Å². The monoisotopic (exact) mass is 276 g/mol. The van der Waals surface area contributed by atoms with Crippen molar-refractivity contribution in [3.8, 4) is 0 Å². The molecule has 2 atom stereocenters. The van der Waals surface area contributed by atoms with Crippen molar-refractivity contribution in [1.82, 2.24) is 20.0 Å². The summed E-state index contributed by atoms with van der Waals surface area (Å²) in [5, 5.41) is 8.03. The number of aromatic nitrogens is 2. The molecule has 5 heteroatoms. The number of nitrogens with one attached hydrogen (secondary N) is 1. The normalized spacial score (nSPS) is 26.9. The lowest BCUT2D eigenvalue weighted by Gasteiger charge is -2.43. The summed E-state index contributed by atoms with van der Waals surface area (Å²) < 4.78 is 1.96. The van der Waals surface area contributed by atoms with E-state index in [1.54, 1.807) is 0 Å². The van der Waals surface area contributed by atoms with Gasteiger partial charge in [-0.15, -0.1) is 0 Å². The van der Waals surface area contributed by atoms with Gasteiger partial charge in [-0.25, -0.2) is 0 Å². The van der Waals surface area contributed by atoms with Gasteiger partial charge < -0.3 is 10.2 Å². The highest BCUT2D eigenvalue weighted by molar-refractivity contribution is 5.77. The van der Waals surface area contributed by atoms with Gasteiger partial charge in [-0.3, -0.25) is 9.48 Å². The largest absolute Gasteiger partial charge is 0.333 e. The van der Waals surface area contributed by atoms with E-state index >= 15 is 0 Å². The number of rotatable bonds is 3. The van der Waals surface area contributed by atoms with Crippen molar-refractivity contribution in [3.63, 3.8) is 0 Å². The maximum Gasteiger partial charge on any atom is 0.223 e. The number of carbonyl (C=O) groups excluding carboxylic acids is 1. The molecule has 0 aliphatic carbocycles. The van der Waals surface area contributed by atoms with Crippen molar-refractivity contribution < 1.29 is 4.79 Å². The number of carbonyl (C=O) groups is 1. The third-order valence-electron chi connectivity index (χ3n) is 4.54. The zero-order valence-corrected chi connectivity index (χ0v) is 12.4. The first-order chi connectivity index (χ1) is 9.65. The van der Waals surface area contributed by atoms with Gasteiger partial charge in [0, 0.05) is 24.7 Å². The molecule has 0 aromatic carbocycles. The lowest BCUT2D eigenvalue weighted by molar-refractivity contribution is -0.140. The molecule has 3 rings (SSSR count). The van der Waals surface area contributed by atoms with E-state index in [0.717, 1.165) is 31.6 Å². The Labute approximate surface area is 120 Å². The van der Waals surface area contributed by atoms with Crippen molar-refractivity contribution in [2.24, 2.45) is 5.92 Å². The van der Waals surface area contributed by atoms with Crippen molar-refractivity contribution in [3.05, 3.63) is 18.0 Å². The molecule has 2 unspecified atom stereocenters. The van der Waals surface area contributed by atoms with Crippen LogP contribution in [0.5, 0.6) is 0 Å². The van der Waals surface area contributed by atoms with Crippen LogP contribution < -0.4 is 5.32 Å². The van der Waals surface area contributed by atoms with Gasteiger partial charge in [-0.2, -0.15) is 5.10 Å². The molecule has 3 heterocycles. The first kappa shape index (κ1) is 13.6. The van der Waals surface area contributed by atoms with Gasteiger partial charge in [0.25, 0.3) is 0 Å². The minimum Gasteiger partial charge on any atom is -0.333 e. The van der Waals surface area contributed by atoms with Gasteiger partial charge >= 0.3 is 0 Å². The van der Waals surface area contributed by atoms with E-state index in [1.165, 1.54) is 0 Å². The highest BCUT2D eigenvalue weighted by Gasteiger charge is 2.37. The van der Waals surface area contributed by atoms with E-state index < -0.39 is 0 Å². The Morgan fingerprint density at radius 1 is 1.45 bits per heavy atom. The van der Waals surface area contributed by atoms with Crippen molar-refractivity contribution in [2.75, 3.05) is 13.1 Å². The highest BCUT2D eigenvalue weighted by Crippen LogP contribution is 2.29. The van der Waals surface area contributed by atoms with Crippen LogP contribution in [0.4, 0.5) is 0 Å². The molecular formula is C15H24N4O. The summed E-state index contributed by atoms with van der Waals surface area (Å²) in [6.45, 7) is 6.97. The summed E-state index contributed by atoms with van der Waals surface area (Å²) in [7, 11) is 0. The summed E-state index contributed by atoms with van der Waals surface area (Å²) in [4.78, 5) is 14.3. The number of fused-ring (bicyclic) bond motifs is 1. The molecule has 0 bridgehead atoms. The van der Waals surface area contributed by atoms with Gasteiger partial charge in [0.1, 0.15) is 0 Å². The van der Waals surface area contributed by atoms with Crippen LogP contribution >= 0.6 is 0 Å². The summed E-state index contributed by atoms with van der Waals surface area (Å²) in [5.74, 6) is 0.917. The Morgan fingerprint density at radius 2 is 2.30 bits per heavy atom. The minimum absolute atomic E-state index is 0.298. The zero-order valence-electron chi connectivity index (χ0n) is 12.4. The Kier molecular flexibility index (Phi) is 3.78. The number of likely N-dealkylation sites (tertiary alicyclic amines) is 1. The summed E-state index contributed by atoms with van der Waals surface area (Å²) >= 11 is 0. The van der Waals surface area contributed by atoms with Crippen molar-refractivity contribution >= 4 is 5.91 Å². The van der Waals surface area contributed by atoms with Gasteiger partial charge in [0.05, 0.1) is 12.2 Å². The number of hydrogen-bond acceptors (Lipinski definition) is 3. The van der Waals surface area contributed by atoms with E-state index in [0.29, 0.717) is 36.9 Å². The number of nitrogens with zero attached hydrogens (tertiary/aromatic N) is 3. The fourth-order valence-electron chi connectivity index (χ4n) is 3.38. The van der Waals surface area contributed by atoms with Crippen LogP contribution in [0.2, 0.25) is 0 Å². The second-order valence-corrected chi connectivity index (χ2v) is 6.26. The SMILES string of the molecule is CC(C)n1ccc(CN2C(=O)CCC3CNCCC32)n1. The molecule has 0 spiro atoms. The molecule has 1 aromatic heterocycles. The van der Waals surface area contributed by atoms with Crippen LogP contribution in [-0.4, -0.2) is 39.7 Å². The molecule has 0 saturated carbocycles. The van der Waals surface area contributed by atoms with E-state index in [4.69, 9.17) is 0 Å². The van der Waals surface area contributed by atoms with E-state index in [9.17, 15) is 4.79 Å². The number of hydrogen-bond donors (Lipinski definition) is 1. The van der Waals surface area contributed by atoms with Crippen LogP contribution in [-0.2, 0) is 11.3 Å². The summed E-state index contributed by atoms with van der Waals surface area (Å²) in [6.07, 6.45) is 4.80. The van der Waals surface area contributed by atoms with Gasteiger partial charge in [0.15, 0.2) is 0 Å². The number of piperidine rings is 2. The molecule has 1 aromatic rings. The Hall–Kier alpha value is -1.36. The van der Waals surface area contributed by atoms with Crippen LogP contribution in [0.25, 0.3) is 0 Å². The average molecular weight is 276 g/mol. The van der Waals surface area contributed by atoms with Gasteiger partial charge in [0.2, 0.25) is 5.91 Å². The maximum absolute atomic E-state index is 12.3. The quantitative estimate of drug-likeness (QED) is 0.911. The number of amides is 1. The van der Waals surface area contributed by atoms with Crippen LogP contribution in [0.3, 0.4) is 0 Å². The molecule has 20 heavy (non-hydrogen) atoms. The predicted octanol–water partition coefficient (Wildman–Crippen LogP) is 1.56. The molecule has 2 aliphatic heterocycles. The zero-order chi connectivity index (χ0) is 14.1. The molecule has 1 amide bonds. The van der Waals surface area contributed by atoms with E-state index in [2.05, 4.69) is 29.2 Å². The van der Waals surface area contributed by atoms with Crippen LogP contribution in [0.1, 0.15) is 44.8 Å². The molecule has 1 N–H and O–H groups in total. The standard InChI is InChI=1S/C15H24N4O/c1-11(2)19-8-6-13(17-19)10-18-14-5-7-16-9-12(14)3-4-15(18)20/h6,8,11-12,14,16H,3-5,7,9-10H2,1-2H3. The van der Waals surface area contributed by atoms with Crippen molar-refractivity contribution in [1.29, 1.82) is 0 Å². The third-order valence-corrected chi connectivity index (χ3v) is 4.54. The molecule has 2 saturated heterocycles. The first-order valence-electron chi connectivity index (χ1n) is 7.69. The molecular weight excluding hydrogens is 252 g/mol. The summed E-state index contributed by atoms with van der Waals surface area (Å²) in [5.41, 5.74) is 1.01. The smallest absolute Gasteiger partial charge is 0.223 e. The van der Waals surface area contributed by atoms with Crippen LogP contribution in [0.15, 0.2) is 12.3 Å². The maximum atomic E-state index is 12.3. The predicted molar refractivity (Wildman–Crippen MR) is 77.2 cm³/mol. The third kappa shape index (κ3) is 2.59. The summed E-state index contributed by atoms with van der Waals surface area (Å²) in [6, 6.07) is 2.81. The Balaban J connectivity index is 1.74. The second kappa shape index (κ2) is 5.56. The Bertz CT molecular complexity index is 482. The Morgan fingerprint density at radius 3 is 3.05 bits per heavy atom. The lowest BCUT2D eigenvalue weighted by Crippen LogP contribution is -2.54. The lowest BCUT2D eigenvalue weighted by atomic mass is 9.84. The molecule has 2 fully saturated rings. The fraction of sp³-hybridized carbons (Fsp3) is 0.733. The molecule has 0 radical (unpaired) electrons. The van der Waals surface area contributed by atoms with Crippen molar-refractivity contribution in [2.45, 2.75) is 51.7 Å². The molecule has 2 aliphatic rings. The highest BCUT2D eigenvalue weighted by atomic mass is 16.2.